The summed E-state index contributed by atoms with van der Waals surface area (Å²) in [5, 5.41) is 9.17. The van der Waals surface area contributed by atoms with Crippen LogP contribution in [0.25, 0.3) is 0 Å². The van der Waals surface area contributed by atoms with E-state index < -0.39 is 6.10 Å². The van der Waals surface area contributed by atoms with E-state index >= 15 is 0 Å². The van der Waals surface area contributed by atoms with Gasteiger partial charge >= 0.3 is 0 Å². The lowest BCUT2D eigenvalue weighted by molar-refractivity contribution is -0.143. The Morgan fingerprint density at radius 3 is 2.52 bits per heavy atom. The molecule has 1 atom stereocenters. The van der Waals surface area contributed by atoms with Crippen LogP contribution in [0, 0.1) is 17.2 Å². The molecule has 0 aliphatic carbocycles. The van der Waals surface area contributed by atoms with Crippen molar-refractivity contribution in [3.63, 3.8) is 0 Å². The lowest BCUT2D eigenvalue weighted by Gasteiger charge is -2.34. The molecule has 1 aliphatic heterocycles. The summed E-state index contributed by atoms with van der Waals surface area (Å²) in [6, 6.07) is 9.13. The zero-order valence-corrected chi connectivity index (χ0v) is 14.0. The SMILES string of the molecule is COC1CCN(C(=O)[C@H](Oc2ccccc2C#N)C(C)C)CC1. The van der Waals surface area contributed by atoms with Gasteiger partial charge in [-0.2, -0.15) is 5.26 Å². The first-order valence-corrected chi connectivity index (χ1v) is 8.04. The van der Waals surface area contributed by atoms with Gasteiger partial charge in [-0.15, -0.1) is 0 Å². The number of hydrogen-bond acceptors (Lipinski definition) is 4. The molecule has 2 rings (SSSR count). The number of benzene rings is 1. The first-order valence-electron chi connectivity index (χ1n) is 8.04. The van der Waals surface area contributed by atoms with E-state index in [2.05, 4.69) is 6.07 Å². The summed E-state index contributed by atoms with van der Waals surface area (Å²) < 4.78 is 11.3. The molecule has 0 saturated carbocycles. The highest BCUT2D eigenvalue weighted by Gasteiger charge is 2.32. The molecule has 1 heterocycles. The Balaban J connectivity index is 2.09. The van der Waals surface area contributed by atoms with Crippen LogP contribution in [0.15, 0.2) is 24.3 Å². The number of ether oxygens (including phenoxy) is 2. The fourth-order valence-electron chi connectivity index (χ4n) is 2.76. The second-order valence-electron chi connectivity index (χ2n) is 6.15. The van der Waals surface area contributed by atoms with Gasteiger partial charge in [-0.05, 0) is 30.9 Å². The number of carbonyl (C=O) groups excluding carboxylic acids is 1. The Bertz CT molecular complexity index is 572. The fraction of sp³-hybridized carbons (Fsp3) is 0.556. The summed E-state index contributed by atoms with van der Waals surface area (Å²) in [5.41, 5.74) is 0.448. The van der Waals surface area contributed by atoms with Gasteiger partial charge in [0, 0.05) is 20.2 Å². The third kappa shape index (κ3) is 4.23. The van der Waals surface area contributed by atoms with Crippen LogP contribution in [0.5, 0.6) is 5.75 Å². The summed E-state index contributed by atoms with van der Waals surface area (Å²) in [5.74, 6) is 0.477. The number of piperidine rings is 1. The number of nitriles is 1. The first kappa shape index (κ1) is 17.3. The molecule has 1 aliphatic rings. The number of carbonyl (C=O) groups is 1. The minimum atomic E-state index is -0.580. The molecule has 0 spiro atoms. The van der Waals surface area contributed by atoms with Crippen LogP contribution < -0.4 is 4.74 Å². The normalized spacial score (nSPS) is 16.9. The molecule has 124 valence electrons. The maximum absolute atomic E-state index is 12.8. The zero-order chi connectivity index (χ0) is 16.8. The molecular formula is C18H24N2O3. The largest absolute Gasteiger partial charge is 0.479 e. The van der Waals surface area contributed by atoms with Crippen LogP contribution in [0.2, 0.25) is 0 Å². The number of likely N-dealkylation sites (tertiary alicyclic amines) is 1. The Morgan fingerprint density at radius 2 is 1.96 bits per heavy atom. The summed E-state index contributed by atoms with van der Waals surface area (Å²) in [7, 11) is 1.71. The number of amides is 1. The predicted octanol–water partition coefficient (Wildman–Crippen LogP) is 2.60. The quantitative estimate of drug-likeness (QED) is 0.837. The van der Waals surface area contributed by atoms with Crippen molar-refractivity contribution < 1.29 is 14.3 Å². The van der Waals surface area contributed by atoms with Gasteiger partial charge in [0.15, 0.2) is 6.10 Å². The molecule has 1 aromatic carbocycles. The van der Waals surface area contributed by atoms with Crippen molar-refractivity contribution in [2.75, 3.05) is 20.2 Å². The predicted molar refractivity (Wildman–Crippen MR) is 87.0 cm³/mol. The van der Waals surface area contributed by atoms with E-state index in [9.17, 15) is 10.1 Å². The Labute approximate surface area is 137 Å². The molecule has 0 bridgehead atoms. The molecule has 0 aromatic heterocycles. The maximum atomic E-state index is 12.8. The number of rotatable bonds is 5. The molecule has 1 amide bonds. The van der Waals surface area contributed by atoms with E-state index in [1.807, 2.05) is 24.8 Å². The van der Waals surface area contributed by atoms with E-state index in [4.69, 9.17) is 9.47 Å². The topological polar surface area (TPSA) is 62.6 Å². The van der Waals surface area contributed by atoms with Crippen molar-refractivity contribution in [3.05, 3.63) is 29.8 Å². The van der Waals surface area contributed by atoms with Gasteiger partial charge in [-0.25, -0.2) is 0 Å². The lowest BCUT2D eigenvalue weighted by Crippen LogP contribution is -2.48. The summed E-state index contributed by atoms with van der Waals surface area (Å²) in [6.45, 7) is 5.28. The molecule has 5 nitrogen and oxygen atoms in total. The minimum Gasteiger partial charge on any atom is -0.479 e. The maximum Gasteiger partial charge on any atom is 0.263 e. The molecule has 0 radical (unpaired) electrons. The molecule has 23 heavy (non-hydrogen) atoms. The Hall–Kier alpha value is -2.06. The molecule has 0 unspecified atom stereocenters. The number of methoxy groups -OCH3 is 1. The second-order valence-corrected chi connectivity index (χ2v) is 6.15. The summed E-state index contributed by atoms with van der Waals surface area (Å²) in [6.07, 6.45) is 1.35. The van der Waals surface area contributed by atoms with E-state index in [1.165, 1.54) is 0 Å². The summed E-state index contributed by atoms with van der Waals surface area (Å²) >= 11 is 0. The monoisotopic (exact) mass is 316 g/mol. The van der Waals surface area contributed by atoms with Crippen molar-refractivity contribution in [2.45, 2.75) is 38.9 Å². The van der Waals surface area contributed by atoms with Crippen molar-refractivity contribution in [1.82, 2.24) is 4.90 Å². The molecular weight excluding hydrogens is 292 g/mol. The standard InChI is InChI=1S/C18H24N2O3/c1-13(2)17(23-16-7-5-4-6-14(16)12-19)18(21)20-10-8-15(22-3)9-11-20/h4-7,13,15,17H,8-11H2,1-3H3/t17-/m1/s1. The molecule has 1 fully saturated rings. The van der Waals surface area contributed by atoms with Gasteiger partial charge in [0.25, 0.3) is 5.91 Å². The fourth-order valence-corrected chi connectivity index (χ4v) is 2.76. The average Bonchev–Trinajstić information content (AvgIpc) is 2.59. The number of nitrogens with zero attached hydrogens (tertiary/aromatic N) is 2. The van der Waals surface area contributed by atoms with Crippen molar-refractivity contribution in [2.24, 2.45) is 5.92 Å². The Morgan fingerprint density at radius 1 is 1.30 bits per heavy atom. The molecule has 0 N–H and O–H groups in total. The van der Waals surface area contributed by atoms with Gasteiger partial charge in [0.1, 0.15) is 11.8 Å². The summed E-state index contributed by atoms with van der Waals surface area (Å²) in [4.78, 5) is 14.7. The smallest absolute Gasteiger partial charge is 0.263 e. The van der Waals surface area contributed by atoms with Gasteiger partial charge in [0.2, 0.25) is 0 Å². The van der Waals surface area contributed by atoms with Crippen LogP contribution >= 0.6 is 0 Å². The first-order chi connectivity index (χ1) is 11.1. The van der Waals surface area contributed by atoms with Gasteiger partial charge < -0.3 is 14.4 Å². The second kappa shape index (κ2) is 7.98. The minimum absolute atomic E-state index is 0.0118. The van der Waals surface area contributed by atoms with Gasteiger partial charge in [-0.3, -0.25) is 4.79 Å². The van der Waals surface area contributed by atoms with E-state index in [1.54, 1.807) is 25.3 Å². The number of hydrogen-bond donors (Lipinski definition) is 0. The van der Waals surface area contributed by atoms with E-state index in [0.717, 1.165) is 12.8 Å². The highest BCUT2D eigenvalue weighted by atomic mass is 16.5. The molecule has 1 saturated heterocycles. The van der Waals surface area contributed by atoms with Crippen LogP contribution in [0.3, 0.4) is 0 Å². The molecule has 1 aromatic rings. The third-order valence-corrected chi connectivity index (χ3v) is 4.20. The lowest BCUT2D eigenvalue weighted by atomic mass is 10.0. The van der Waals surface area contributed by atoms with Crippen LogP contribution in [0.1, 0.15) is 32.3 Å². The van der Waals surface area contributed by atoms with Gasteiger partial charge in [0.05, 0.1) is 11.7 Å². The van der Waals surface area contributed by atoms with Crippen LogP contribution in [-0.4, -0.2) is 43.2 Å². The van der Waals surface area contributed by atoms with Crippen LogP contribution in [-0.2, 0) is 9.53 Å². The van der Waals surface area contributed by atoms with E-state index in [0.29, 0.717) is 24.4 Å². The third-order valence-electron chi connectivity index (χ3n) is 4.20. The van der Waals surface area contributed by atoms with Crippen LogP contribution in [0.4, 0.5) is 0 Å². The van der Waals surface area contributed by atoms with E-state index in [-0.39, 0.29) is 17.9 Å². The van der Waals surface area contributed by atoms with Gasteiger partial charge in [-0.1, -0.05) is 26.0 Å². The Kier molecular flexibility index (Phi) is 6.00. The number of para-hydroxylation sites is 1. The van der Waals surface area contributed by atoms with Crippen molar-refractivity contribution >= 4 is 5.91 Å². The highest BCUT2D eigenvalue weighted by Crippen LogP contribution is 2.23. The zero-order valence-electron chi connectivity index (χ0n) is 14.0. The van der Waals surface area contributed by atoms with Crippen molar-refractivity contribution in [3.8, 4) is 11.8 Å². The van der Waals surface area contributed by atoms with Crippen molar-refractivity contribution in [1.29, 1.82) is 5.26 Å². The molecule has 5 heteroatoms. The highest BCUT2D eigenvalue weighted by molar-refractivity contribution is 5.81. The average molecular weight is 316 g/mol.